The number of aromatic nitrogens is 1. The van der Waals surface area contributed by atoms with Crippen molar-refractivity contribution in [1.29, 1.82) is 0 Å². The minimum Gasteiger partial charge on any atom is -0.390 e. The maximum absolute atomic E-state index is 13.8. The average molecular weight is 406 g/mol. The van der Waals surface area contributed by atoms with E-state index in [0.29, 0.717) is 29.9 Å². The first kappa shape index (κ1) is 19.6. The molecule has 1 aliphatic rings. The number of hydrogen-bond donors (Lipinski definition) is 1. The summed E-state index contributed by atoms with van der Waals surface area (Å²) in [4.78, 5) is 2.41. The van der Waals surface area contributed by atoms with Crippen LogP contribution in [0.25, 0.3) is 21.8 Å². The summed E-state index contributed by atoms with van der Waals surface area (Å²) in [6, 6.07) is 9.60. The van der Waals surface area contributed by atoms with Crippen LogP contribution in [0.3, 0.4) is 0 Å². The molecule has 2 heterocycles. The predicted molar refractivity (Wildman–Crippen MR) is 111 cm³/mol. The molecular weight excluding hydrogens is 380 g/mol. The monoisotopic (exact) mass is 405 g/mol. The molecule has 150 valence electrons. The highest BCUT2D eigenvalue weighted by Crippen LogP contribution is 2.31. The van der Waals surface area contributed by atoms with E-state index in [-0.39, 0.29) is 11.6 Å². The van der Waals surface area contributed by atoms with E-state index in [0.717, 1.165) is 30.0 Å². The number of rotatable bonds is 5. The van der Waals surface area contributed by atoms with Crippen LogP contribution in [0, 0.1) is 11.6 Å². The maximum Gasteiger partial charge on any atom is 0.123 e. The molecule has 1 unspecified atom stereocenters. The van der Waals surface area contributed by atoms with Crippen LogP contribution < -0.4 is 0 Å². The minimum absolute atomic E-state index is 0.351. The Labute approximate surface area is 167 Å². The maximum atomic E-state index is 13.8. The number of aliphatic hydroxyl groups is 1. The zero-order chi connectivity index (χ0) is 19.8. The molecule has 1 aliphatic heterocycles. The molecule has 0 radical (unpaired) electrons. The van der Waals surface area contributed by atoms with Gasteiger partial charge < -0.3 is 9.67 Å². The van der Waals surface area contributed by atoms with Crippen molar-refractivity contribution in [2.45, 2.75) is 32.5 Å². The van der Waals surface area contributed by atoms with Crippen LogP contribution in [0.1, 0.15) is 13.8 Å². The zero-order valence-electron chi connectivity index (χ0n) is 16.1. The number of halogens is 2. The van der Waals surface area contributed by atoms with Crippen molar-refractivity contribution in [2.75, 3.05) is 25.5 Å². The number of aliphatic hydroxyl groups excluding tert-OH is 1. The second-order valence-electron chi connectivity index (χ2n) is 7.64. The fourth-order valence-electron chi connectivity index (χ4n) is 3.82. The predicted octanol–water partition coefficient (Wildman–Crippen LogP) is 4.07. The molecule has 2 aromatic carbocycles. The van der Waals surface area contributed by atoms with E-state index in [4.69, 9.17) is 0 Å². The van der Waals surface area contributed by atoms with Crippen LogP contribution in [0.4, 0.5) is 8.78 Å². The second kappa shape index (κ2) is 7.99. The summed E-state index contributed by atoms with van der Waals surface area (Å²) in [5, 5.41) is 12.1. The molecule has 1 aromatic heterocycles. The average Bonchev–Trinajstić information content (AvgIpc) is 2.94. The van der Waals surface area contributed by atoms with Gasteiger partial charge in [-0.3, -0.25) is 4.90 Å². The summed E-state index contributed by atoms with van der Waals surface area (Å²) in [5.41, 5.74) is 1.61. The van der Waals surface area contributed by atoms with Gasteiger partial charge >= 0.3 is 0 Å². The summed E-state index contributed by atoms with van der Waals surface area (Å²) in [6.07, 6.45) is -0.577. The number of fused-ring (bicyclic) bond motifs is 3. The minimum atomic E-state index is -0.577. The van der Waals surface area contributed by atoms with Gasteiger partial charge in [-0.1, -0.05) is 11.9 Å². The van der Waals surface area contributed by atoms with Gasteiger partial charge in [0.05, 0.1) is 18.5 Å². The Bertz CT molecular complexity index is 923. The van der Waals surface area contributed by atoms with E-state index in [1.54, 1.807) is 24.1 Å². The molecule has 0 amide bonds. The number of hydrogen-bond acceptors (Lipinski definition) is 4. The van der Waals surface area contributed by atoms with Gasteiger partial charge in [-0.2, -0.15) is 0 Å². The normalized spacial score (nSPS) is 17.8. The third kappa shape index (κ3) is 3.89. The topological polar surface area (TPSA) is 31.6 Å². The number of nitrogens with zero attached hydrogens (tertiary/aromatic N) is 3. The van der Waals surface area contributed by atoms with Gasteiger partial charge in [0.15, 0.2) is 0 Å². The van der Waals surface area contributed by atoms with Crippen LogP contribution in [-0.2, 0) is 6.54 Å². The van der Waals surface area contributed by atoms with Crippen LogP contribution in [0.15, 0.2) is 36.4 Å². The van der Waals surface area contributed by atoms with Crippen LogP contribution >= 0.6 is 11.9 Å². The molecule has 0 aliphatic carbocycles. The Morgan fingerprint density at radius 3 is 2.07 bits per heavy atom. The molecule has 0 saturated carbocycles. The van der Waals surface area contributed by atoms with E-state index in [1.807, 2.05) is 4.57 Å². The van der Waals surface area contributed by atoms with Gasteiger partial charge in [-0.05, 0) is 50.2 Å². The lowest BCUT2D eigenvalue weighted by Gasteiger charge is -2.36. The van der Waals surface area contributed by atoms with Crippen molar-refractivity contribution in [2.24, 2.45) is 0 Å². The largest absolute Gasteiger partial charge is 0.390 e. The lowest BCUT2D eigenvalue weighted by molar-refractivity contribution is 0.123. The molecule has 1 N–H and O–H groups in total. The van der Waals surface area contributed by atoms with Gasteiger partial charge in [0, 0.05) is 47.5 Å². The molecule has 1 atom stereocenters. The van der Waals surface area contributed by atoms with Crippen molar-refractivity contribution < 1.29 is 13.9 Å². The van der Waals surface area contributed by atoms with Crippen molar-refractivity contribution >= 4 is 33.8 Å². The Morgan fingerprint density at radius 1 is 0.964 bits per heavy atom. The Balaban J connectivity index is 1.55. The van der Waals surface area contributed by atoms with E-state index >= 15 is 0 Å². The summed E-state index contributed by atoms with van der Waals surface area (Å²) < 4.78 is 31.7. The summed E-state index contributed by atoms with van der Waals surface area (Å²) in [6.45, 7) is 7.22. The fourth-order valence-corrected chi connectivity index (χ4v) is 5.05. The van der Waals surface area contributed by atoms with E-state index in [1.165, 1.54) is 24.3 Å². The fraction of sp³-hybridized carbons (Fsp3) is 0.429. The number of β-amino-alcohol motifs (C(OH)–C–C–N with tert-alkyl or cyclic N) is 1. The van der Waals surface area contributed by atoms with Gasteiger partial charge in [0.2, 0.25) is 0 Å². The first-order chi connectivity index (χ1) is 13.4. The third-order valence-corrected chi connectivity index (χ3v) is 6.51. The van der Waals surface area contributed by atoms with Gasteiger partial charge in [-0.25, -0.2) is 13.1 Å². The van der Waals surface area contributed by atoms with Crippen LogP contribution in [0.5, 0.6) is 0 Å². The summed E-state index contributed by atoms with van der Waals surface area (Å²) >= 11 is 1.74. The molecule has 1 fully saturated rings. The molecule has 4 nitrogen and oxygen atoms in total. The van der Waals surface area contributed by atoms with Crippen molar-refractivity contribution in [3.05, 3.63) is 48.0 Å². The molecule has 0 spiro atoms. The smallest absolute Gasteiger partial charge is 0.123 e. The van der Waals surface area contributed by atoms with Gasteiger partial charge in [0.25, 0.3) is 0 Å². The SMILES string of the molecule is CC(C)N1CCN(CC(O)Cn2c3ccc(F)cc3c3cc(F)ccc32)SC1. The quantitative estimate of drug-likeness (QED) is 0.649. The Morgan fingerprint density at radius 2 is 1.57 bits per heavy atom. The zero-order valence-corrected chi connectivity index (χ0v) is 16.9. The summed E-state index contributed by atoms with van der Waals surface area (Å²) in [7, 11) is 0. The summed E-state index contributed by atoms with van der Waals surface area (Å²) in [5.74, 6) is 0.227. The van der Waals surface area contributed by atoms with Crippen molar-refractivity contribution in [1.82, 2.24) is 13.8 Å². The van der Waals surface area contributed by atoms with Gasteiger partial charge in [0.1, 0.15) is 11.6 Å². The van der Waals surface area contributed by atoms with Crippen molar-refractivity contribution in [3.8, 4) is 0 Å². The van der Waals surface area contributed by atoms with E-state index in [2.05, 4.69) is 23.1 Å². The van der Waals surface area contributed by atoms with Crippen molar-refractivity contribution in [3.63, 3.8) is 0 Å². The van der Waals surface area contributed by atoms with Crippen LogP contribution in [-0.4, -0.2) is 56.5 Å². The first-order valence-corrected chi connectivity index (χ1v) is 10.5. The van der Waals surface area contributed by atoms with E-state index < -0.39 is 6.10 Å². The first-order valence-electron chi connectivity index (χ1n) is 9.59. The molecule has 7 heteroatoms. The second-order valence-corrected chi connectivity index (χ2v) is 8.67. The Kier molecular flexibility index (Phi) is 5.60. The molecule has 3 aromatic rings. The molecule has 0 bridgehead atoms. The lowest BCUT2D eigenvalue weighted by Crippen LogP contribution is -2.44. The third-order valence-electron chi connectivity index (χ3n) is 5.37. The van der Waals surface area contributed by atoms with Crippen LogP contribution in [0.2, 0.25) is 0 Å². The molecular formula is C21H25F2N3OS. The van der Waals surface area contributed by atoms with E-state index in [9.17, 15) is 13.9 Å². The number of benzene rings is 2. The lowest BCUT2D eigenvalue weighted by atomic mass is 10.1. The van der Waals surface area contributed by atoms with Gasteiger partial charge in [-0.15, -0.1) is 0 Å². The molecule has 28 heavy (non-hydrogen) atoms. The Hall–Kier alpha value is -1.67. The highest BCUT2D eigenvalue weighted by molar-refractivity contribution is 7.97. The highest BCUT2D eigenvalue weighted by atomic mass is 32.2. The molecule has 1 saturated heterocycles. The molecule has 4 rings (SSSR count). The highest BCUT2D eigenvalue weighted by Gasteiger charge is 2.22. The standard InChI is InChI=1S/C21H25F2N3OS/c1-14(2)24-7-8-25(28-13-24)11-17(27)12-26-20-5-3-15(22)9-18(20)19-10-16(23)4-6-21(19)26/h3-6,9-10,14,17,27H,7-8,11-13H2,1-2H3.